The molecule has 0 spiro atoms. The van der Waals surface area contributed by atoms with Crippen molar-refractivity contribution in [3.63, 3.8) is 0 Å². The minimum Gasteiger partial charge on any atom is -0.497 e. The van der Waals surface area contributed by atoms with Gasteiger partial charge in [-0.2, -0.15) is 0 Å². The van der Waals surface area contributed by atoms with Crippen LogP contribution in [0.2, 0.25) is 5.02 Å². The van der Waals surface area contributed by atoms with E-state index in [0.717, 1.165) is 5.56 Å². The molecule has 1 saturated heterocycles. The molecule has 7 nitrogen and oxygen atoms in total. The summed E-state index contributed by atoms with van der Waals surface area (Å²) < 4.78 is 10.2. The summed E-state index contributed by atoms with van der Waals surface area (Å²) in [4.78, 5) is 38.2. The Labute approximate surface area is 173 Å². The van der Waals surface area contributed by atoms with Gasteiger partial charge in [0.25, 0.3) is 5.91 Å². The minimum absolute atomic E-state index is 0.0296. The van der Waals surface area contributed by atoms with Crippen molar-refractivity contribution in [2.24, 2.45) is 5.92 Å². The molecule has 0 bridgehead atoms. The Hall–Kier alpha value is -3.06. The number of methoxy groups -OCH3 is 1. The fourth-order valence-corrected chi connectivity index (χ4v) is 3.19. The number of ether oxygens (including phenoxy) is 2. The first-order chi connectivity index (χ1) is 13.9. The molecular formula is C21H21ClN2O5. The van der Waals surface area contributed by atoms with Crippen molar-refractivity contribution in [1.82, 2.24) is 0 Å². The lowest BCUT2D eigenvalue weighted by atomic mass is 10.1. The Bertz CT molecular complexity index is 946. The van der Waals surface area contributed by atoms with E-state index in [0.29, 0.717) is 22.1 Å². The molecule has 1 aliphatic heterocycles. The molecule has 2 aromatic carbocycles. The van der Waals surface area contributed by atoms with E-state index in [1.165, 1.54) is 12.0 Å². The first-order valence-electron chi connectivity index (χ1n) is 9.04. The Kier molecular flexibility index (Phi) is 6.39. The summed E-state index contributed by atoms with van der Waals surface area (Å²) in [6, 6.07) is 12.1. The van der Waals surface area contributed by atoms with Crippen LogP contribution >= 0.6 is 11.6 Å². The molecule has 2 amide bonds. The highest BCUT2D eigenvalue weighted by Crippen LogP contribution is 2.29. The van der Waals surface area contributed by atoms with Crippen molar-refractivity contribution in [2.75, 3.05) is 30.5 Å². The fraction of sp³-hybridized carbons (Fsp3) is 0.286. The molecule has 0 saturated carbocycles. The number of hydrogen-bond donors (Lipinski definition) is 1. The van der Waals surface area contributed by atoms with Gasteiger partial charge in [-0.25, -0.2) is 0 Å². The second-order valence-electron chi connectivity index (χ2n) is 6.73. The Balaban J connectivity index is 1.53. The predicted octanol–water partition coefficient (Wildman–Crippen LogP) is 3.19. The number of rotatable bonds is 6. The predicted molar refractivity (Wildman–Crippen MR) is 109 cm³/mol. The third kappa shape index (κ3) is 5.06. The van der Waals surface area contributed by atoms with Crippen molar-refractivity contribution in [1.29, 1.82) is 0 Å². The first kappa shape index (κ1) is 20.7. The molecule has 1 fully saturated rings. The minimum atomic E-state index is -0.632. The maximum absolute atomic E-state index is 12.3. The quantitative estimate of drug-likeness (QED) is 0.731. The SMILES string of the molecule is COc1cccc(NC(=O)COC(=O)[C@H]2CC(=O)N(c3ccc(C)c(Cl)c3)C2)c1. The second-order valence-corrected chi connectivity index (χ2v) is 7.13. The van der Waals surface area contributed by atoms with Crippen molar-refractivity contribution in [3.05, 3.63) is 53.1 Å². The van der Waals surface area contributed by atoms with E-state index >= 15 is 0 Å². The summed E-state index contributed by atoms with van der Waals surface area (Å²) in [6.45, 7) is 1.63. The number of hydrogen-bond acceptors (Lipinski definition) is 5. The summed E-state index contributed by atoms with van der Waals surface area (Å²) in [5.74, 6) is -1.28. The van der Waals surface area contributed by atoms with Gasteiger partial charge in [0.05, 0.1) is 13.0 Å². The maximum Gasteiger partial charge on any atom is 0.311 e. The Morgan fingerprint density at radius 3 is 2.76 bits per heavy atom. The number of amides is 2. The molecule has 1 atom stereocenters. The van der Waals surface area contributed by atoms with Gasteiger partial charge in [0, 0.05) is 35.4 Å². The maximum atomic E-state index is 12.3. The van der Waals surface area contributed by atoms with E-state index in [2.05, 4.69) is 5.32 Å². The zero-order valence-corrected chi connectivity index (χ0v) is 16.9. The van der Waals surface area contributed by atoms with Crippen molar-refractivity contribution >= 4 is 40.8 Å². The van der Waals surface area contributed by atoms with Gasteiger partial charge in [-0.1, -0.05) is 23.7 Å². The molecule has 1 N–H and O–H groups in total. The van der Waals surface area contributed by atoms with Crippen LogP contribution in [0.1, 0.15) is 12.0 Å². The molecule has 8 heteroatoms. The van der Waals surface area contributed by atoms with Crippen molar-refractivity contribution in [3.8, 4) is 5.75 Å². The monoisotopic (exact) mass is 416 g/mol. The fourth-order valence-electron chi connectivity index (χ4n) is 3.02. The molecule has 29 heavy (non-hydrogen) atoms. The smallest absolute Gasteiger partial charge is 0.311 e. The lowest BCUT2D eigenvalue weighted by molar-refractivity contribution is -0.151. The lowest BCUT2D eigenvalue weighted by Gasteiger charge is -2.17. The first-order valence-corrected chi connectivity index (χ1v) is 9.42. The molecular weight excluding hydrogens is 396 g/mol. The largest absolute Gasteiger partial charge is 0.497 e. The zero-order chi connectivity index (χ0) is 21.0. The number of anilines is 2. The average Bonchev–Trinajstić information content (AvgIpc) is 3.10. The number of nitrogens with one attached hydrogen (secondary N) is 1. The molecule has 1 heterocycles. The van der Waals surface area contributed by atoms with E-state index in [1.54, 1.807) is 36.4 Å². The van der Waals surface area contributed by atoms with Gasteiger partial charge in [0.1, 0.15) is 5.75 Å². The van der Waals surface area contributed by atoms with Gasteiger partial charge in [0.2, 0.25) is 5.91 Å². The van der Waals surface area contributed by atoms with Crippen LogP contribution in [0.4, 0.5) is 11.4 Å². The number of benzene rings is 2. The van der Waals surface area contributed by atoms with Gasteiger partial charge in [0.15, 0.2) is 6.61 Å². The van der Waals surface area contributed by atoms with E-state index in [1.807, 2.05) is 13.0 Å². The number of esters is 1. The Morgan fingerprint density at radius 2 is 2.03 bits per heavy atom. The summed E-state index contributed by atoms with van der Waals surface area (Å²) in [6.07, 6.45) is 0.0296. The van der Waals surface area contributed by atoms with Crippen LogP contribution in [-0.4, -0.2) is 38.0 Å². The highest BCUT2D eigenvalue weighted by Gasteiger charge is 2.36. The van der Waals surface area contributed by atoms with Crippen LogP contribution in [0, 0.1) is 12.8 Å². The van der Waals surface area contributed by atoms with Crippen LogP contribution in [0.15, 0.2) is 42.5 Å². The van der Waals surface area contributed by atoms with Gasteiger partial charge in [-0.05, 0) is 36.8 Å². The van der Waals surface area contributed by atoms with E-state index in [-0.39, 0.29) is 18.9 Å². The third-order valence-electron chi connectivity index (χ3n) is 4.62. The van der Waals surface area contributed by atoms with Gasteiger partial charge >= 0.3 is 5.97 Å². The second kappa shape index (κ2) is 8.96. The molecule has 2 aromatic rings. The number of nitrogens with zero attached hydrogens (tertiary/aromatic N) is 1. The van der Waals surface area contributed by atoms with Crippen LogP contribution in [0.3, 0.4) is 0 Å². The van der Waals surface area contributed by atoms with Gasteiger partial charge in [-0.15, -0.1) is 0 Å². The zero-order valence-electron chi connectivity index (χ0n) is 16.1. The summed E-state index contributed by atoms with van der Waals surface area (Å²) in [5.41, 5.74) is 2.07. The molecule has 0 radical (unpaired) electrons. The molecule has 3 rings (SSSR count). The highest BCUT2D eigenvalue weighted by atomic mass is 35.5. The standard InChI is InChI=1S/C21H21ClN2O5/c1-13-6-7-16(10-18(13)22)24-11-14(8-20(24)26)21(27)29-12-19(25)23-15-4-3-5-17(9-15)28-2/h3-7,9-10,14H,8,11-12H2,1-2H3,(H,23,25)/t14-/m0/s1. The van der Waals surface area contributed by atoms with Crippen LogP contribution in [0.5, 0.6) is 5.75 Å². The molecule has 1 aliphatic rings. The van der Waals surface area contributed by atoms with Gasteiger partial charge in [-0.3, -0.25) is 14.4 Å². The number of aryl methyl sites for hydroxylation is 1. The van der Waals surface area contributed by atoms with Crippen molar-refractivity contribution in [2.45, 2.75) is 13.3 Å². The van der Waals surface area contributed by atoms with Gasteiger partial charge < -0.3 is 19.7 Å². The van der Waals surface area contributed by atoms with Crippen LogP contribution in [0.25, 0.3) is 0 Å². The normalized spacial score (nSPS) is 15.9. The highest BCUT2D eigenvalue weighted by molar-refractivity contribution is 6.31. The summed E-state index contributed by atoms with van der Waals surface area (Å²) in [5, 5.41) is 3.18. The third-order valence-corrected chi connectivity index (χ3v) is 5.03. The molecule has 152 valence electrons. The number of halogens is 1. The number of carbonyl (C=O) groups excluding carboxylic acids is 3. The average molecular weight is 417 g/mol. The molecule has 0 unspecified atom stereocenters. The molecule has 0 aromatic heterocycles. The lowest BCUT2D eigenvalue weighted by Crippen LogP contribution is -2.28. The van der Waals surface area contributed by atoms with E-state index < -0.39 is 24.4 Å². The molecule has 0 aliphatic carbocycles. The van der Waals surface area contributed by atoms with Crippen LogP contribution < -0.4 is 15.0 Å². The Morgan fingerprint density at radius 1 is 1.24 bits per heavy atom. The van der Waals surface area contributed by atoms with E-state index in [9.17, 15) is 14.4 Å². The topological polar surface area (TPSA) is 84.9 Å². The number of carbonyl (C=O) groups is 3. The van der Waals surface area contributed by atoms with Crippen molar-refractivity contribution < 1.29 is 23.9 Å². The van der Waals surface area contributed by atoms with Crippen LogP contribution in [-0.2, 0) is 19.1 Å². The summed E-state index contributed by atoms with van der Waals surface area (Å²) >= 11 is 6.13. The summed E-state index contributed by atoms with van der Waals surface area (Å²) in [7, 11) is 1.53. The van der Waals surface area contributed by atoms with E-state index in [4.69, 9.17) is 21.1 Å².